The van der Waals surface area contributed by atoms with Gasteiger partial charge in [-0.25, -0.2) is 4.98 Å². The Morgan fingerprint density at radius 3 is 3.21 bits per heavy atom. The van der Waals surface area contributed by atoms with Gasteiger partial charge in [0.25, 0.3) is 0 Å². The van der Waals surface area contributed by atoms with Crippen LogP contribution in [0.1, 0.15) is 18.7 Å². The maximum atomic E-state index is 11.9. The second-order valence-corrected chi connectivity index (χ2v) is 4.55. The van der Waals surface area contributed by atoms with Crippen molar-refractivity contribution < 1.29 is 9.59 Å². The molecule has 6 nitrogen and oxygen atoms in total. The highest BCUT2D eigenvalue weighted by atomic mass is 16.2. The van der Waals surface area contributed by atoms with Crippen molar-refractivity contribution in [3.63, 3.8) is 0 Å². The molecule has 1 atom stereocenters. The van der Waals surface area contributed by atoms with Crippen LogP contribution >= 0.6 is 0 Å². The summed E-state index contributed by atoms with van der Waals surface area (Å²) < 4.78 is 1.92. The van der Waals surface area contributed by atoms with Crippen molar-refractivity contribution in [2.75, 3.05) is 0 Å². The molecule has 2 aromatic heterocycles. The summed E-state index contributed by atoms with van der Waals surface area (Å²) in [6.45, 7) is 0.351. The van der Waals surface area contributed by atoms with Gasteiger partial charge in [-0.15, -0.1) is 0 Å². The van der Waals surface area contributed by atoms with Gasteiger partial charge in [-0.05, 0) is 18.6 Å². The zero-order chi connectivity index (χ0) is 13.2. The fourth-order valence-corrected chi connectivity index (χ4v) is 2.23. The molecule has 0 spiro atoms. The summed E-state index contributed by atoms with van der Waals surface area (Å²) in [4.78, 5) is 27.2. The normalized spacial score (nSPS) is 18.5. The van der Waals surface area contributed by atoms with E-state index in [4.69, 9.17) is 0 Å². The van der Waals surface area contributed by atoms with Gasteiger partial charge in [-0.1, -0.05) is 6.07 Å². The quantitative estimate of drug-likeness (QED) is 0.827. The number of carbonyl (C=O) groups excluding carboxylic acids is 2. The Hall–Kier alpha value is -2.37. The van der Waals surface area contributed by atoms with Crippen molar-refractivity contribution in [3.05, 3.63) is 36.4 Å². The van der Waals surface area contributed by atoms with Crippen LogP contribution in [0.25, 0.3) is 5.52 Å². The van der Waals surface area contributed by atoms with Crippen molar-refractivity contribution >= 4 is 17.3 Å². The standard InChI is InChI=1S/C13H14N4O2/c18-12-5-4-10(16-12)13(19)15-8-11-14-7-9-3-1-2-6-17(9)11/h1-3,6-7,10H,4-5,8H2,(H,15,19)(H,16,18). The first-order chi connectivity index (χ1) is 9.24. The smallest absolute Gasteiger partial charge is 0.242 e. The van der Waals surface area contributed by atoms with E-state index in [9.17, 15) is 9.59 Å². The summed E-state index contributed by atoms with van der Waals surface area (Å²) in [5.41, 5.74) is 0.987. The first-order valence-corrected chi connectivity index (χ1v) is 6.22. The SMILES string of the molecule is O=C1CCC(C(=O)NCc2ncc3ccccn23)N1. The Morgan fingerprint density at radius 1 is 1.53 bits per heavy atom. The van der Waals surface area contributed by atoms with E-state index in [2.05, 4.69) is 15.6 Å². The lowest BCUT2D eigenvalue weighted by Gasteiger charge is -2.10. The van der Waals surface area contributed by atoms with Crippen molar-refractivity contribution in [2.45, 2.75) is 25.4 Å². The summed E-state index contributed by atoms with van der Waals surface area (Å²) in [5.74, 6) is 0.554. The minimum absolute atomic E-state index is 0.0635. The highest BCUT2D eigenvalue weighted by Gasteiger charge is 2.26. The summed E-state index contributed by atoms with van der Waals surface area (Å²) in [6.07, 6.45) is 4.65. The van der Waals surface area contributed by atoms with E-state index in [0.29, 0.717) is 19.4 Å². The third-order valence-corrected chi connectivity index (χ3v) is 3.25. The number of hydrogen-bond donors (Lipinski definition) is 2. The van der Waals surface area contributed by atoms with Gasteiger partial charge in [0.2, 0.25) is 11.8 Å². The van der Waals surface area contributed by atoms with Gasteiger partial charge in [0.05, 0.1) is 18.3 Å². The average molecular weight is 258 g/mol. The number of nitrogens with one attached hydrogen (secondary N) is 2. The number of hydrogen-bond acceptors (Lipinski definition) is 3. The van der Waals surface area contributed by atoms with Crippen LogP contribution in [0, 0.1) is 0 Å². The minimum atomic E-state index is -0.404. The second kappa shape index (κ2) is 4.72. The zero-order valence-electron chi connectivity index (χ0n) is 10.3. The second-order valence-electron chi connectivity index (χ2n) is 4.55. The Kier molecular flexibility index (Phi) is 2.91. The number of imidazole rings is 1. The van der Waals surface area contributed by atoms with Crippen LogP contribution < -0.4 is 10.6 Å². The Balaban J connectivity index is 1.66. The Labute approximate surface area is 109 Å². The maximum absolute atomic E-state index is 11.9. The predicted octanol–water partition coefficient (Wildman–Crippen LogP) is 0.229. The van der Waals surface area contributed by atoms with Crippen molar-refractivity contribution in [2.24, 2.45) is 0 Å². The molecule has 19 heavy (non-hydrogen) atoms. The van der Waals surface area contributed by atoms with Crippen LogP contribution in [0.2, 0.25) is 0 Å². The van der Waals surface area contributed by atoms with Gasteiger partial charge in [0.1, 0.15) is 11.9 Å². The highest BCUT2D eigenvalue weighted by molar-refractivity contribution is 5.90. The van der Waals surface area contributed by atoms with E-state index in [0.717, 1.165) is 11.3 Å². The number of pyridine rings is 1. The van der Waals surface area contributed by atoms with Crippen molar-refractivity contribution in [1.82, 2.24) is 20.0 Å². The van der Waals surface area contributed by atoms with Crippen LogP contribution in [-0.2, 0) is 16.1 Å². The van der Waals surface area contributed by atoms with Crippen LogP contribution in [0.5, 0.6) is 0 Å². The molecule has 0 aromatic carbocycles. The highest BCUT2D eigenvalue weighted by Crippen LogP contribution is 2.08. The topological polar surface area (TPSA) is 75.5 Å². The van der Waals surface area contributed by atoms with Crippen LogP contribution in [-0.4, -0.2) is 27.2 Å². The van der Waals surface area contributed by atoms with Crippen LogP contribution in [0.3, 0.4) is 0 Å². The molecular formula is C13H14N4O2. The van der Waals surface area contributed by atoms with Crippen molar-refractivity contribution in [1.29, 1.82) is 0 Å². The van der Waals surface area contributed by atoms with Crippen molar-refractivity contribution in [3.8, 4) is 0 Å². The Morgan fingerprint density at radius 2 is 2.42 bits per heavy atom. The molecule has 0 bridgehead atoms. The molecule has 1 unspecified atom stereocenters. The molecular weight excluding hydrogens is 244 g/mol. The molecule has 1 aliphatic heterocycles. The third-order valence-electron chi connectivity index (χ3n) is 3.25. The first-order valence-electron chi connectivity index (χ1n) is 6.22. The molecule has 0 radical (unpaired) electrons. The Bertz CT molecular complexity index is 634. The van der Waals surface area contributed by atoms with Gasteiger partial charge in [-0.2, -0.15) is 0 Å². The van der Waals surface area contributed by atoms with E-state index < -0.39 is 6.04 Å². The minimum Gasteiger partial charge on any atom is -0.347 e. The number of nitrogens with zero attached hydrogens (tertiary/aromatic N) is 2. The van der Waals surface area contributed by atoms with Gasteiger partial charge < -0.3 is 15.0 Å². The first kappa shape index (κ1) is 11.7. The average Bonchev–Trinajstić information content (AvgIpc) is 3.02. The summed E-state index contributed by atoms with van der Waals surface area (Å²) in [7, 11) is 0. The molecule has 0 aliphatic carbocycles. The molecule has 1 fully saturated rings. The fraction of sp³-hybridized carbons (Fsp3) is 0.308. The summed E-state index contributed by atoms with van der Waals surface area (Å²) in [6, 6.07) is 5.40. The van der Waals surface area contributed by atoms with E-state index in [1.807, 2.05) is 28.8 Å². The number of amides is 2. The molecule has 2 aromatic rings. The molecule has 6 heteroatoms. The van der Waals surface area contributed by atoms with Crippen LogP contribution in [0.4, 0.5) is 0 Å². The van der Waals surface area contributed by atoms with Gasteiger partial charge >= 0.3 is 0 Å². The number of fused-ring (bicyclic) bond motifs is 1. The maximum Gasteiger partial charge on any atom is 0.242 e. The molecule has 0 saturated carbocycles. The lowest BCUT2D eigenvalue weighted by Crippen LogP contribution is -2.41. The monoisotopic (exact) mass is 258 g/mol. The molecule has 3 heterocycles. The molecule has 1 aliphatic rings. The lowest BCUT2D eigenvalue weighted by molar-refractivity contribution is -0.125. The molecule has 3 rings (SSSR count). The molecule has 2 N–H and O–H groups in total. The molecule has 1 saturated heterocycles. The number of carbonyl (C=O) groups is 2. The van der Waals surface area contributed by atoms with Crippen LogP contribution in [0.15, 0.2) is 30.6 Å². The lowest BCUT2D eigenvalue weighted by atomic mass is 10.2. The molecule has 98 valence electrons. The van der Waals surface area contributed by atoms with E-state index >= 15 is 0 Å². The summed E-state index contributed by atoms with van der Waals surface area (Å²) in [5, 5.41) is 5.45. The van der Waals surface area contributed by atoms with Gasteiger partial charge in [-0.3, -0.25) is 9.59 Å². The molecule has 2 amide bonds. The largest absolute Gasteiger partial charge is 0.347 e. The van der Waals surface area contributed by atoms with E-state index in [1.165, 1.54) is 0 Å². The zero-order valence-corrected chi connectivity index (χ0v) is 10.3. The number of rotatable bonds is 3. The van der Waals surface area contributed by atoms with Gasteiger partial charge in [0, 0.05) is 12.6 Å². The number of aromatic nitrogens is 2. The predicted molar refractivity (Wildman–Crippen MR) is 68.2 cm³/mol. The van der Waals surface area contributed by atoms with Gasteiger partial charge in [0.15, 0.2) is 0 Å². The fourth-order valence-electron chi connectivity index (χ4n) is 2.23. The third kappa shape index (κ3) is 2.29. The van der Waals surface area contributed by atoms with E-state index in [1.54, 1.807) is 6.20 Å². The van der Waals surface area contributed by atoms with E-state index in [-0.39, 0.29) is 11.8 Å². The summed E-state index contributed by atoms with van der Waals surface area (Å²) >= 11 is 0.